The van der Waals surface area contributed by atoms with E-state index in [0.717, 1.165) is 28.3 Å². The Morgan fingerprint density at radius 1 is 1.38 bits per heavy atom. The first-order chi connectivity index (χ1) is 12.4. The molecule has 2 heterocycles. The van der Waals surface area contributed by atoms with Crippen LogP contribution < -0.4 is 4.74 Å². The topological polar surface area (TPSA) is 75.8 Å². The summed E-state index contributed by atoms with van der Waals surface area (Å²) in [5.41, 5.74) is 1.94. The molecule has 0 saturated carbocycles. The molecule has 0 aliphatic carbocycles. The molecule has 3 rings (SSSR count). The van der Waals surface area contributed by atoms with E-state index in [2.05, 4.69) is 5.16 Å². The molecule has 140 valence electrons. The minimum absolute atomic E-state index is 0.0384. The second-order valence-corrected chi connectivity index (χ2v) is 7.20. The Morgan fingerprint density at radius 3 is 2.88 bits per heavy atom. The van der Waals surface area contributed by atoms with Crippen molar-refractivity contribution in [2.24, 2.45) is 0 Å². The third-order valence-electron chi connectivity index (χ3n) is 4.95. The molecule has 0 bridgehead atoms. The van der Waals surface area contributed by atoms with Gasteiger partial charge in [-0.3, -0.25) is 4.79 Å². The molecule has 1 N–H and O–H groups in total. The van der Waals surface area contributed by atoms with Gasteiger partial charge in [0.1, 0.15) is 23.7 Å². The van der Waals surface area contributed by atoms with Crippen LogP contribution in [0.15, 0.2) is 28.8 Å². The number of rotatable bonds is 6. The fourth-order valence-electron chi connectivity index (χ4n) is 3.36. The summed E-state index contributed by atoms with van der Waals surface area (Å²) in [7, 11) is 0. The second kappa shape index (κ2) is 7.50. The molecule has 1 atom stereocenters. The number of β-amino-alcohol motifs (C(OH)–C–C–N with tert-alkyl or cyclic N) is 1. The molecule has 1 aromatic heterocycles. The van der Waals surface area contributed by atoms with Crippen LogP contribution in [0.25, 0.3) is 0 Å². The highest BCUT2D eigenvalue weighted by molar-refractivity contribution is 5.77. The lowest BCUT2D eigenvalue weighted by molar-refractivity contribution is -0.131. The molecule has 1 fully saturated rings. The van der Waals surface area contributed by atoms with Gasteiger partial charge >= 0.3 is 0 Å². The second-order valence-electron chi connectivity index (χ2n) is 7.20. The Hall–Kier alpha value is -2.34. The standard InChI is InChI=1S/C20H26N2O4/c1-14-5-4-6-17(11-14)25-13-20(24)9-10-22(12-20)19(23)8-7-18-15(2)21-26-16(18)3/h4-6,11,24H,7-10,12-13H2,1-3H3. The summed E-state index contributed by atoms with van der Waals surface area (Å²) in [5, 5.41) is 14.7. The summed E-state index contributed by atoms with van der Waals surface area (Å²) < 4.78 is 10.9. The summed E-state index contributed by atoms with van der Waals surface area (Å²) in [5.74, 6) is 1.54. The van der Waals surface area contributed by atoms with Crippen molar-refractivity contribution in [1.82, 2.24) is 10.1 Å². The predicted molar refractivity (Wildman–Crippen MR) is 97.1 cm³/mol. The summed E-state index contributed by atoms with van der Waals surface area (Å²) in [6.45, 7) is 6.78. The molecule has 0 spiro atoms. The van der Waals surface area contributed by atoms with E-state index in [9.17, 15) is 9.90 Å². The molecule has 1 aliphatic rings. The number of ether oxygens (including phenoxy) is 1. The largest absolute Gasteiger partial charge is 0.491 e. The van der Waals surface area contributed by atoms with E-state index in [1.807, 2.05) is 45.0 Å². The Labute approximate surface area is 153 Å². The summed E-state index contributed by atoms with van der Waals surface area (Å²) in [6, 6.07) is 7.73. The number of carbonyl (C=O) groups excluding carboxylic acids is 1. The fraction of sp³-hybridized carbons (Fsp3) is 0.500. The third kappa shape index (κ3) is 4.25. The number of amides is 1. The van der Waals surface area contributed by atoms with Gasteiger partial charge < -0.3 is 19.3 Å². The highest BCUT2D eigenvalue weighted by Gasteiger charge is 2.38. The van der Waals surface area contributed by atoms with Crippen molar-refractivity contribution < 1.29 is 19.2 Å². The maximum atomic E-state index is 12.5. The molecule has 1 aromatic carbocycles. The van der Waals surface area contributed by atoms with Crippen molar-refractivity contribution in [1.29, 1.82) is 0 Å². The van der Waals surface area contributed by atoms with Gasteiger partial charge in [-0.2, -0.15) is 0 Å². The molecule has 1 unspecified atom stereocenters. The molecule has 6 heteroatoms. The molecule has 6 nitrogen and oxygen atoms in total. The van der Waals surface area contributed by atoms with Gasteiger partial charge in [-0.05, 0) is 51.3 Å². The van der Waals surface area contributed by atoms with E-state index in [4.69, 9.17) is 9.26 Å². The molecule has 0 radical (unpaired) electrons. The van der Waals surface area contributed by atoms with Crippen LogP contribution in [0.3, 0.4) is 0 Å². The van der Waals surface area contributed by atoms with Crippen LogP contribution in [0.4, 0.5) is 0 Å². The van der Waals surface area contributed by atoms with E-state index in [0.29, 0.717) is 32.4 Å². The van der Waals surface area contributed by atoms with Gasteiger partial charge in [0.2, 0.25) is 5.91 Å². The number of hydrogen-bond donors (Lipinski definition) is 1. The lowest BCUT2D eigenvalue weighted by Gasteiger charge is -2.23. The summed E-state index contributed by atoms with van der Waals surface area (Å²) in [6.07, 6.45) is 1.52. The zero-order valence-corrected chi connectivity index (χ0v) is 15.6. The van der Waals surface area contributed by atoms with Crippen molar-refractivity contribution in [2.45, 2.75) is 45.6 Å². The van der Waals surface area contributed by atoms with Crippen LogP contribution in [-0.2, 0) is 11.2 Å². The van der Waals surface area contributed by atoms with E-state index in [1.54, 1.807) is 4.90 Å². The van der Waals surface area contributed by atoms with E-state index in [1.165, 1.54) is 0 Å². The smallest absolute Gasteiger partial charge is 0.223 e. The Balaban J connectivity index is 1.51. The van der Waals surface area contributed by atoms with Crippen LogP contribution in [0.2, 0.25) is 0 Å². The lowest BCUT2D eigenvalue weighted by atomic mass is 10.1. The van der Waals surface area contributed by atoms with Crippen molar-refractivity contribution in [3.8, 4) is 5.75 Å². The SMILES string of the molecule is Cc1cccc(OCC2(O)CCN(C(=O)CCc3c(C)noc3C)C2)c1. The quantitative estimate of drug-likeness (QED) is 0.859. The van der Waals surface area contributed by atoms with Gasteiger partial charge in [0.25, 0.3) is 0 Å². The van der Waals surface area contributed by atoms with Crippen molar-refractivity contribution >= 4 is 5.91 Å². The zero-order valence-electron chi connectivity index (χ0n) is 15.6. The first-order valence-corrected chi connectivity index (χ1v) is 8.98. The van der Waals surface area contributed by atoms with Crippen LogP contribution in [0.1, 0.15) is 35.4 Å². The molecule has 1 amide bonds. The maximum absolute atomic E-state index is 12.5. The van der Waals surface area contributed by atoms with E-state index in [-0.39, 0.29) is 12.5 Å². The first kappa shape index (κ1) is 18.5. The van der Waals surface area contributed by atoms with Crippen LogP contribution in [0, 0.1) is 20.8 Å². The van der Waals surface area contributed by atoms with Gasteiger partial charge in [-0.15, -0.1) is 0 Å². The summed E-state index contributed by atoms with van der Waals surface area (Å²) in [4.78, 5) is 14.2. The lowest BCUT2D eigenvalue weighted by Crippen LogP contribution is -2.40. The van der Waals surface area contributed by atoms with Gasteiger partial charge in [0.05, 0.1) is 12.2 Å². The number of aryl methyl sites for hydroxylation is 3. The first-order valence-electron chi connectivity index (χ1n) is 8.98. The average molecular weight is 358 g/mol. The number of aromatic nitrogens is 1. The Morgan fingerprint density at radius 2 is 2.19 bits per heavy atom. The van der Waals surface area contributed by atoms with Crippen LogP contribution in [0.5, 0.6) is 5.75 Å². The monoisotopic (exact) mass is 358 g/mol. The molecular formula is C20H26N2O4. The number of hydrogen-bond acceptors (Lipinski definition) is 5. The minimum Gasteiger partial charge on any atom is -0.491 e. The number of aliphatic hydroxyl groups is 1. The van der Waals surface area contributed by atoms with Gasteiger partial charge in [0.15, 0.2) is 0 Å². The van der Waals surface area contributed by atoms with Crippen LogP contribution in [-0.4, -0.2) is 46.4 Å². The normalized spacial score (nSPS) is 19.8. The van der Waals surface area contributed by atoms with Crippen molar-refractivity contribution in [2.75, 3.05) is 19.7 Å². The number of carbonyl (C=O) groups is 1. The average Bonchev–Trinajstić information content (AvgIpc) is 3.15. The van der Waals surface area contributed by atoms with Crippen molar-refractivity contribution in [3.63, 3.8) is 0 Å². The highest BCUT2D eigenvalue weighted by atomic mass is 16.5. The van der Waals surface area contributed by atoms with Gasteiger partial charge in [0, 0.05) is 18.5 Å². The molecule has 26 heavy (non-hydrogen) atoms. The fourth-order valence-corrected chi connectivity index (χ4v) is 3.36. The molecule has 2 aromatic rings. The third-order valence-corrected chi connectivity index (χ3v) is 4.95. The Bertz CT molecular complexity index is 766. The van der Waals surface area contributed by atoms with E-state index >= 15 is 0 Å². The van der Waals surface area contributed by atoms with Gasteiger partial charge in [-0.1, -0.05) is 17.3 Å². The number of benzene rings is 1. The molecule has 1 saturated heterocycles. The number of nitrogens with zero attached hydrogens (tertiary/aromatic N) is 2. The van der Waals surface area contributed by atoms with Crippen molar-refractivity contribution in [3.05, 3.63) is 46.8 Å². The number of likely N-dealkylation sites (tertiary alicyclic amines) is 1. The maximum Gasteiger partial charge on any atom is 0.223 e. The molecular weight excluding hydrogens is 332 g/mol. The van der Waals surface area contributed by atoms with Gasteiger partial charge in [-0.25, -0.2) is 0 Å². The van der Waals surface area contributed by atoms with Crippen LogP contribution >= 0.6 is 0 Å². The molecule has 1 aliphatic heterocycles. The summed E-state index contributed by atoms with van der Waals surface area (Å²) >= 11 is 0. The predicted octanol–water partition coefficient (Wildman–Crippen LogP) is 2.57. The van der Waals surface area contributed by atoms with E-state index < -0.39 is 5.60 Å². The zero-order chi connectivity index (χ0) is 18.7. The highest BCUT2D eigenvalue weighted by Crippen LogP contribution is 2.24. The minimum atomic E-state index is -0.998. The Kier molecular flexibility index (Phi) is 5.32.